The van der Waals surface area contributed by atoms with Gasteiger partial charge in [-0.1, -0.05) is 30.3 Å². The molecular formula is C19H20FNO3. The normalized spacial score (nSPS) is 23.0. The van der Waals surface area contributed by atoms with Crippen LogP contribution in [-0.2, 0) is 10.2 Å². The van der Waals surface area contributed by atoms with E-state index >= 15 is 0 Å². The Morgan fingerprint density at radius 1 is 1.25 bits per heavy atom. The molecule has 1 saturated carbocycles. The summed E-state index contributed by atoms with van der Waals surface area (Å²) in [5.74, 6) is -0.140. The van der Waals surface area contributed by atoms with Crippen molar-refractivity contribution in [3.8, 4) is 5.75 Å². The predicted octanol–water partition coefficient (Wildman–Crippen LogP) is 3.51. The number of halogens is 1. The minimum absolute atomic E-state index is 0.174. The van der Waals surface area contributed by atoms with E-state index in [4.69, 9.17) is 4.74 Å². The molecule has 0 spiro atoms. The third-order valence-corrected chi connectivity index (χ3v) is 4.83. The van der Waals surface area contributed by atoms with Crippen molar-refractivity contribution in [3.63, 3.8) is 0 Å². The molecule has 24 heavy (non-hydrogen) atoms. The fraction of sp³-hybridized carbons (Fsp3) is 0.316. The largest absolute Gasteiger partial charge is 0.490 e. The fourth-order valence-corrected chi connectivity index (χ4v) is 3.60. The van der Waals surface area contributed by atoms with Gasteiger partial charge in [0.2, 0.25) is 0 Å². The maximum Gasteiger partial charge on any atom is 0.254 e. The highest BCUT2D eigenvalue weighted by Gasteiger charge is 2.48. The van der Waals surface area contributed by atoms with Gasteiger partial charge in [0.25, 0.3) is 5.91 Å². The summed E-state index contributed by atoms with van der Waals surface area (Å²) in [5.41, 5.74) is 1.81. The number of benzene rings is 2. The van der Waals surface area contributed by atoms with Crippen LogP contribution in [0, 0.1) is 12.7 Å². The van der Waals surface area contributed by atoms with Crippen molar-refractivity contribution in [2.24, 2.45) is 0 Å². The van der Waals surface area contributed by atoms with Gasteiger partial charge in [-0.3, -0.25) is 10.0 Å². The molecule has 1 aliphatic rings. The van der Waals surface area contributed by atoms with Crippen molar-refractivity contribution >= 4 is 5.91 Å². The van der Waals surface area contributed by atoms with Crippen molar-refractivity contribution in [2.45, 2.75) is 37.7 Å². The lowest BCUT2D eigenvalue weighted by molar-refractivity contribution is -0.135. The Hall–Kier alpha value is -2.40. The van der Waals surface area contributed by atoms with Crippen molar-refractivity contribution < 1.29 is 19.1 Å². The van der Waals surface area contributed by atoms with Crippen LogP contribution in [-0.4, -0.2) is 17.2 Å². The Morgan fingerprint density at radius 2 is 2.00 bits per heavy atom. The second-order valence-electron chi connectivity index (χ2n) is 6.23. The van der Waals surface area contributed by atoms with Crippen LogP contribution >= 0.6 is 0 Å². The first-order valence-electron chi connectivity index (χ1n) is 7.98. The first-order valence-corrected chi connectivity index (χ1v) is 7.98. The van der Waals surface area contributed by atoms with Gasteiger partial charge in [-0.15, -0.1) is 0 Å². The SMILES string of the molecule is Cc1c(F)cccc1[C@]1(C(=O)NO)CCC(Oc2ccccc2)C1. The van der Waals surface area contributed by atoms with Crippen LogP contribution in [0.1, 0.15) is 30.4 Å². The quantitative estimate of drug-likeness (QED) is 0.667. The van der Waals surface area contributed by atoms with Gasteiger partial charge in [0.1, 0.15) is 17.7 Å². The molecule has 2 atom stereocenters. The molecule has 1 aliphatic carbocycles. The molecule has 3 rings (SSSR count). The third kappa shape index (κ3) is 2.87. The van der Waals surface area contributed by atoms with Crippen LogP contribution in [0.5, 0.6) is 5.75 Å². The Balaban J connectivity index is 1.91. The van der Waals surface area contributed by atoms with Crippen LogP contribution in [0.15, 0.2) is 48.5 Å². The molecule has 0 radical (unpaired) electrons. The molecular weight excluding hydrogens is 309 g/mol. The van der Waals surface area contributed by atoms with Gasteiger partial charge < -0.3 is 4.74 Å². The minimum atomic E-state index is -0.986. The summed E-state index contributed by atoms with van der Waals surface area (Å²) in [5, 5.41) is 9.22. The third-order valence-electron chi connectivity index (χ3n) is 4.83. The van der Waals surface area contributed by atoms with E-state index in [-0.39, 0.29) is 11.9 Å². The van der Waals surface area contributed by atoms with Crippen LogP contribution in [0.4, 0.5) is 4.39 Å². The lowest BCUT2D eigenvalue weighted by Crippen LogP contribution is -2.42. The molecule has 1 amide bonds. The Labute approximate surface area is 140 Å². The first-order chi connectivity index (χ1) is 11.6. The zero-order valence-corrected chi connectivity index (χ0v) is 13.5. The molecule has 0 saturated heterocycles. The summed E-state index contributed by atoms with van der Waals surface area (Å²) < 4.78 is 19.9. The van der Waals surface area contributed by atoms with Gasteiger partial charge >= 0.3 is 0 Å². The number of carbonyl (C=O) groups is 1. The number of ether oxygens (including phenoxy) is 1. The maximum absolute atomic E-state index is 14.0. The van der Waals surface area contributed by atoms with E-state index in [9.17, 15) is 14.4 Å². The molecule has 2 aromatic rings. The molecule has 5 heteroatoms. The van der Waals surface area contributed by atoms with Gasteiger partial charge in [-0.25, -0.2) is 9.87 Å². The van der Waals surface area contributed by atoms with E-state index in [1.165, 1.54) is 6.07 Å². The van der Waals surface area contributed by atoms with E-state index in [1.807, 2.05) is 30.3 Å². The number of hydroxylamine groups is 1. The molecule has 0 bridgehead atoms. The van der Waals surface area contributed by atoms with Gasteiger partial charge in [0.05, 0.1) is 5.41 Å². The van der Waals surface area contributed by atoms with Crippen molar-refractivity contribution in [1.29, 1.82) is 0 Å². The summed E-state index contributed by atoms with van der Waals surface area (Å²) in [6, 6.07) is 14.1. The van der Waals surface area contributed by atoms with Crippen LogP contribution in [0.25, 0.3) is 0 Å². The van der Waals surface area contributed by atoms with Gasteiger partial charge in [-0.05, 0) is 49.1 Å². The first kappa shape index (κ1) is 16.5. The molecule has 0 heterocycles. The lowest BCUT2D eigenvalue weighted by Gasteiger charge is -2.29. The molecule has 2 N–H and O–H groups in total. The van der Waals surface area contributed by atoms with Crippen molar-refractivity contribution in [3.05, 3.63) is 65.5 Å². The van der Waals surface area contributed by atoms with Gasteiger partial charge in [0.15, 0.2) is 0 Å². The number of carbonyl (C=O) groups excluding carboxylic acids is 1. The Bertz CT molecular complexity index is 735. The smallest absolute Gasteiger partial charge is 0.254 e. The topological polar surface area (TPSA) is 58.6 Å². The molecule has 1 fully saturated rings. The molecule has 1 unspecified atom stereocenters. The Kier molecular flexibility index (Phi) is 4.53. The van der Waals surface area contributed by atoms with Crippen LogP contribution in [0.2, 0.25) is 0 Å². The minimum Gasteiger partial charge on any atom is -0.490 e. The average Bonchev–Trinajstić information content (AvgIpc) is 3.02. The zero-order valence-electron chi connectivity index (χ0n) is 13.5. The maximum atomic E-state index is 14.0. The number of hydrogen-bond acceptors (Lipinski definition) is 3. The summed E-state index contributed by atoms with van der Waals surface area (Å²) in [6.45, 7) is 1.66. The monoisotopic (exact) mass is 329 g/mol. The molecule has 0 aliphatic heterocycles. The predicted molar refractivity (Wildman–Crippen MR) is 87.5 cm³/mol. The second-order valence-corrected chi connectivity index (χ2v) is 6.23. The van der Waals surface area contributed by atoms with E-state index in [0.29, 0.717) is 30.4 Å². The summed E-state index contributed by atoms with van der Waals surface area (Å²) in [6.07, 6.45) is 1.35. The Morgan fingerprint density at radius 3 is 2.71 bits per heavy atom. The summed E-state index contributed by atoms with van der Waals surface area (Å²) in [4.78, 5) is 12.5. The number of amides is 1. The fourth-order valence-electron chi connectivity index (χ4n) is 3.60. The van der Waals surface area contributed by atoms with Crippen molar-refractivity contribution in [1.82, 2.24) is 5.48 Å². The lowest BCUT2D eigenvalue weighted by atomic mass is 9.76. The summed E-state index contributed by atoms with van der Waals surface area (Å²) >= 11 is 0. The van der Waals surface area contributed by atoms with Crippen molar-refractivity contribution in [2.75, 3.05) is 0 Å². The highest BCUT2D eigenvalue weighted by molar-refractivity contribution is 5.88. The highest BCUT2D eigenvalue weighted by atomic mass is 19.1. The van der Waals surface area contributed by atoms with E-state index in [0.717, 1.165) is 5.75 Å². The number of hydrogen-bond donors (Lipinski definition) is 2. The van der Waals surface area contributed by atoms with E-state index in [2.05, 4.69) is 0 Å². The van der Waals surface area contributed by atoms with Gasteiger partial charge in [-0.2, -0.15) is 0 Å². The van der Waals surface area contributed by atoms with Crippen LogP contribution < -0.4 is 10.2 Å². The standard InChI is InChI=1S/C19H20FNO3/c1-13-16(8-5-9-17(13)20)19(18(22)21-23)11-10-15(12-19)24-14-6-3-2-4-7-14/h2-9,15,23H,10-12H2,1H3,(H,21,22)/t15?,19-/m0/s1. The average molecular weight is 329 g/mol. The van der Waals surface area contributed by atoms with E-state index in [1.54, 1.807) is 24.5 Å². The van der Waals surface area contributed by atoms with E-state index < -0.39 is 11.3 Å². The van der Waals surface area contributed by atoms with Crippen LogP contribution in [0.3, 0.4) is 0 Å². The number of para-hydroxylation sites is 1. The van der Waals surface area contributed by atoms with Gasteiger partial charge in [0, 0.05) is 6.42 Å². The zero-order chi connectivity index (χ0) is 17.2. The molecule has 2 aromatic carbocycles. The number of nitrogens with one attached hydrogen (secondary N) is 1. The summed E-state index contributed by atoms with van der Waals surface area (Å²) in [7, 11) is 0. The highest BCUT2D eigenvalue weighted by Crippen LogP contribution is 2.44. The molecule has 0 aromatic heterocycles. The molecule has 4 nitrogen and oxygen atoms in total. The molecule has 126 valence electrons. The second kappa shape index (κ2) is 6.61. The number of rotatable bonds is 4.